The van der Waals surface area contributed by atoms with E-state index < -0.39 is 0 Å². The van der Waals surface area contributed by atoms with Gasteiger partial charge in [-0.25, -0.2) is 4.98 Å². The third kappa shape index (κ3) is 4.61. The lowest BCUT2D eigenvalue weighted by molar-refractivity contribution is -0.113. The molecule has 1 N–H and O–H groups in total. The monoisotopic (exact) mass is 437 g/mol. The summed E-state index contributed by atoms with van der Waals surface area (Å²) < 4.78 is 7.24. The lowest BCUT2D eigenvalue weighted by Crippen LogP contribution is -2.14. The first-order chi connectivity index (χ1) is 14.6. The number of imidazole rings is 1. The number of nitrogens with zero attached hydrogens (tertiary/aromatic N) is 2. The average molecular weight is 438 g/mol. The highest BCUT2D eigenvalue weighted by molar-refractivity contribution is 7.99. The topological polar surface area (TPSA) is 56.1 Å². The van der Waals surface area contributed by atoms with Gasteiger partial charge in [-0.15, -0.1) is 0 Å². The molecule has 30 heavy (non-hydrogen) atoms. The van der Waals surface area contributed by atoms with Crippen LogP contribution in [-0.4, -0.2) is 28.3 Å². The lowest BCUT2D eigenvalue weighted by atomic mass is 10.2. The zero-order chi connectivity index (χ0) is 20.9. The molecule has 7 heteroatoms. The van der Waals surface area contributed by atoms with Gasteiger partial charge in [-0.05, 0) is 48.0 Å². The minimum absolute atomic E-state index is 0.0958. The Morgan fingerprint density at radius 2 is 1.80 bits per heavy atom. The van der Waals surface area contributed by atoms with Crippen molar-refractivity contribution in [2.24, 2.45) is 0 Å². The summed E-state index contributed by atoms with van der Waals surface area (Å²) in [6.45, 7) is 0.586. The van der Waals surface area contributed by atoms with Gasteiger partial charge in [0, 0.05) is 10.7 Å². The van der Waals surface area contributed by atoms with Gasteiger partial charge >= 0.3 is 0 Å². The summed E-state index contributed by atoms with van der Waals surface area (Å²) in [6, 6.07) is 23.0. The van der Waals surface area contributed by atoms with Crippen LogP contribution in [0.15, 0.2) is 78.0 Å². The molecule has 0 saturated heterocycles. The first kappa shape index (κ1) is 20.3. The molecule has 0 aliphatic carbocycles. The number of hydrogen-bond donors (Lipinski definition) is 1. The third-order valence-electron chi connectivity index (χ3n) is 4.61. The van der Waals surface area contributed by atoms with Crippen molar-refractivity contribution in [1.29, 1.82) is 0 Å². The number of carbonyl (C=O) groups is 1. The number of thioether (sulfide) groups is 1. The number of benzene rings is 3. The number of para-hydroxylation sites is 2. The Labute approximate surface area is 184 Å². The fourth-order valence-corrected chi connectivity index (χ4v) is 4.12. The number of aromatic nitrogens is 2. The zero-order valence-electron chi connectivity index (χ0n) is 16.3. The van der Waals surface area contributed by atoms with Gasteiger partial charge in [0.2, 0.25) is 5.91 Å². The predicted octanol–water partition coefficient (Wildman–Crippen LogP) is 5.48. The number of methoxy groups -OCH3 is 1. The largest absolute Gasteiger partial charge is 0.497 e. The third-order valence-corrected chi connectivity index (χ3v) is 5.96. The molecule has 5 nitrogen and oxygen atoms in total. The maximum Gasteiger partial charge on any atom is 0.234 e. The Morgan fingerprint density at radius 3 is 2.57 bits per heavy atom. The molecule has 3 aromatic carbocycles. The molecule has 1 amide bonds. The second-order valence-corrected chi connectivity index (χ2v) is 7.98. The number of fused-ring (bicyclic) bond motifs is 1. The van der Waals surface area contributed by atoms with E-state index >= 15 is 0 Å². The van der Waals surface area contributed by atoms with E-state index in [4.69, 9.17) is 21.3 Å². The molecule has 1 heterocycles. The number of nitrogens with one attached hydrogen (secondary N) is 1. The van der Waals surface area contributed by atoms with E-state index in [2.05, 4.69) is 9.88 Å². The first-order valence-electron chi connectivity index (χ1n) is 9.39. The molecule has 0 fully saturated rings. The van der Waals surface area contributed by atoms with Gasteiger partial charge in [0.25, 0.3) is 0 Å². The molecule has 4 rings (SSSR count). The number of halogens is 1. The van der Waals surface area contributed by atoms with E-state index in [0.717, 1.165) is 33.2 Å². The van der Waals surface area contributed by atoms with Crippen LogP contribution in [0.4, 0.5) is 5.69 Å². The highest BCUT2D eigenvalue weighted by Gasteiger charge is 2.14. The smallest absolute Gasteiger partial charge is 0.234 e. The van der Waals surface area contributed by atoms with Gasteiger partial charge in [-0.2, -0.15) is 0 Å². The molecule has 152 valence electrons. The standard InChI is InChI=1S/C23H20ClN3O2S/c1-29-18-12-10-17(11-13-18)25-22(28)15-30-23-26-20-8-4-5-9-21(20)27(23)14-16-6-2-3-7-19(16)24/h2-13H,14-15H2,1H3,(H,25,28). The predicted molar refractivity (Wildman–Crippen MR) is 123 cm³/mol. The van der Waals surface area contributed by atoms with Crippen LogP contribution in [-0.2, 0) is 11.3 Å². The van der Waals surface area contributed by atoms with Crippen LogP contribution in [0.1, 0.15) is 5.56 Å². The van der Waals surface area contributed by atoms with E-state index in [1.54, 1.807) is 7.11 Å². The van der Waals surface area contributed by atoms with Crippen molar-refractivity contribution in [2.45, 2.75) is 11.7 Å². The van der Waals surface area contributed by atoms with Crippen LogP contribution >= 0.6 is 23.4 Å². The van der Waals surface area contributed by atoms with Crippen LogP contribution in [0.3, 0.4) is 0 Å². The summed E-state index contributed by atoms with van der Waals surface area (Å²) in [5.41, 5.74) is 3.64. The Kier molecular flexibility index (Phi) is 6.26. The second kappa shape index (κ2) is 9.24. The molecule has 1 aromatic heterocycles. The van der Waals surface area contributed by atoms with Crippen LogP contribution in [0.5, 0.6) is 5.75 Å². The van der Waals surface area contributed by atoms with Crippen LogP contribution in [0.2, 0.25) is 5.02 Å². The molecule has 0 unspecified atom stereocenters. The Morgan fingerprint density at radius 1 is 1.07 bits per heavy atom. The summed E-state index contributed by atoms with van der Waals surface area (Å²) in [4.78, 5) is 17.2. The van der Waals surface area contributed by atoms with Gasteiger partial charge in [0.05, 0.1) is 30.4 Å². The van der Waals surface area contributed by atoms with Crippen molar-refractivity contribution in [3.05, 3.63) is 83.4 Å². The number of ether oxygens (including phenoxy) is 1. The second-order valence-electron chi connectivity index (χ2n) is 6.63. The number of rotatable bonds is 7. The molecule has 4 aromatic rings. The molecule has 0 saturated carbocycles. The Balaban J connectivity index is 1.51. The van der Waals surface area contributed by atoms with E-state index in [1.165, 1.54) is 11.8 Å². The normalized spacial score (nSPS) is 10.9. The maximum absolute atomic E-state index is 12.5. The fraction of sp³-hybridized carbons (Fsp3) is 0.130. The molecule has 0 radical (unpaired) electrons. The molecule has 0 atom stereocenters. The van der Waals surface area contributed by atoms with E-state index in [9.17, 15) is 4.79 Å². The fourth-order valence-electron chi connectivity index (χ4n) is 3.11. The Hall–Kier alpha value is -2.96. The number of carbonyl (C=O) groups excluding carboxylic acids is 1. The van der Waals surface area contributed by atoms with E-state index in [-0.39, 0.29) is 11.7 Å². The molecular formula is C23H20ClN3O2S. The minimum Gasteiger partial charge on any atom is -0.497 e. The van der Waals surface area contributed by atoms with E-state index in [0.29, 0.717) is 11.6 Å². The molecular weight excluding hydrogens is 418 g/mol. The van der Waals surface area contributed by atoms with Crippen LogP contribution in [0, 0.1) is 0 Å². The summed E-state index contributed by atoms with van der Waals surface area (Å²) in [7, 11) is 1.61. The van der Waals surface area contributed by atoms with Crippen LogP contribution < -0.4 is 10.1 Å². The minimum atomic E-state index is -0.0958. The number of amides is 1. The molecule has 0 spiro atoms. The van der Waals surface area contributed by atoms with Gasteiger partial charge < -0.3 is 14.6 Å². The lowest BCUT2D eigenvalue weighted by Gasteiger charge is -2.11. The van der Waals surface area contributed by atoms with Gasteiger partial charge in [-0.3, -0.25) is 4.79 Å². The zero-order valence-corrected chi connectivity index (χ0v) is 17.9. The highest BCUT2D eigenvalue weighted by atomic mass is 35.5. The SMILES string of the molecule is COc1ccc(NC(=O)CSc2nc3ccccc3n2Cc2ccccc2Cl)cc1. The van der Waals surface area contributed by atoms with Crippen molar-refractivity contribution >= 4 is 46.0 Å². The first-order valence-corrected chi connectivity index (χ1v) is 10.8. The molecule has 0 bridgehead atoms. The average Bonchev–Trinajstić information content (AvgIpc) is 3.12. The maximum atomic E-state index is 12.5. The van der Waals surface area contributed by atoms with Gasteiger partial charge in [-0.1, -0.05) is 53.7 Å². The summed E-state index contributed by atoms with van der Waals surface area (Å²) >= 11 is 7.78. The van der Waals surface area contributed by atoms with Crippen LogP contribution in [0.25, 0.3) is 11.0 Å². The molecule has 0 aliphatic rings. The summed E-state index contributed by atoms with van der Waals surface area (Å²) in [5.74, 6) is 0.898. The highest BCUT2D eigenvalue weighted by Crippen LogP contribution is 2.27. The van der Waals surface area contributed by atoms with Crippen molar-refractivity contribution < 1.29 is 9.53 Å². The van der Waals surface area contributed by atoms with Crippen molar-refractivity contribution in [3.8, 4) is 5.75 Å². The Bertz CT molecular complexity index is 1170. The van der Waals surface area contributed by atoms with Crippen molar-refractivity contribution in [3.63, 3.8) is 0 Å². The van der Waals surface area contributed by atoms with E-state index in [1.807, 2.05) is 72.8 Å². The number of hydrogen-bond acceptors (Lipinski definition) is 4. The molecule has 0 aliphatic heterocycles. The summed E-state index contributed by atoms with van der Waals surface area (Å²) in [5, 5.41) is 4.39. The van der Waals surface area contributed by atoms with Crippen molar-refractivity contribution in [1.82, 2.24) is 9.55 Å². The van der Waals surface area contributed by atoms with Gasteiger partial charge in [0.15, 0.2) is 5.16 Å². The quantitative estimate of drug-likeness (QED) is 0.389. The van der Waals surface area contributed by atoms with Crippen molar-refractivity contribution in [2.75, 3.05) is 18.2 Å². The number of anilines is 1. The van der Waals surface area contributed by atoms with Gasteiger partial charge in [0.1, 0.15) is 5.75 Å². The summed E-state index contributed by atoms with van der Waals surface area (Å²) in [6.07, 6.45) is 0.